The lowest BCUT2D eigenvalue weighted by atomic mass is 10.1. The van der Waals surface area contributed by atoms with E-state index in [2.05, 4.69) is 6.58 Å². The lowest BCUT2D eigenvalue weighted by Gasteiger charge is -2.34. The molecule has 1 amide bonds. The van der Waals surface area contributed by atoms with Crippen LogP contribution in [0, 0.1) is 0 Å². The van der Waals surface area contributed by atoms with Gasteiger partial charge in [-0.15, -0.1) is 6.58 Å². The number of carbonyl (C=O) groups is 3. The standard InChI is InChI=1S/C14H19NO5/c1-5-8-15(9(2)16)14-12(19-10(3)17)6-7-13(14)20-11(4)18/h5-7,12-14H,1,8H2,2-4H3/t12-,13+,14?. The fraction of sp³-hybridized carbons (Fsp3) is 0.500. The van der Waals surface area contributed by atoms with Gasteiger partial charge in [-0.2, -0.15) is 0 Å². The number of hydrogen-bond donors (Lipinski definition) is 0. The molecule has 0 fully saturated rings. The maximum atomic E-state index is 11.8. The number of nitrogens with zero attached hydrogens (tertiary/aromatic N) is 1. The molecule has 0 N–H and O–H groups in total. The minimum atomic E-state index is -0.638. The third kappa shape index (κ3) is 3.94. The lowest BCUT2D eigenvalue weighted by Crippen LogP contribution is -2.51. The Morgan fingerprint density at radius 1 is 1.10 bits per heavy atom. The van der Waals surface area contributed by atoms with E-state index < -0.39 is 30.2 Å². The molecule has 0 aromatic heterocycles. The van der Waals surface area contributed by atoms with Gasteiger partial charge in [0.2, 0.25) is 5.91 Å². The smallest absolute Gasteiger partial charge is 0.303 e. The first-order valence-electron chi connectivity index (χ1n) is 6.27. The van der Waals surface area contributed by atoms with Crippen LogP contribution in [0.2, 0.25) is 0 Å². The summed E-state index contributed by atoms with van der Waals surface area (Å²) in [6.45, 7) is 7.85. The van der Waals surface area contributed by atoms with Crippen LogP contribution >= 0.6 is 0 Å². The van der Waals surface area contributed by atoms with Crippen molar-refractivity contribution in [3.63, 3.8) is 0 Å². The van der Waals surface area contributed by atoms with Crippen molar-refractivity contribution in [2.45, 2.75) is 39.0 Å². The predicted octanol–water partition coefficient (Wildman–Crippen LogP) is 0.823. The van der Waals surface area contributed by atoms with Crippen LogP contribution in [0.3, 0.4) is 0 Å². The van der Waals surface area contributed by atoms with Gasteiger partial charge in [0.05, 0.1) is 0 Å². The zero-order valence-electron chi connectivity index (χ0n) is 11.9. The van der Waals surface area contributed by atoms with Gasteiger partial charge in [-0.1, -0.05) is 6.08 Å². The number of amides is 1. The van der Waals surface area contributed by atoms with Crippen LogP contribution in [0.1, 0.15) is 20.8 Å². The van der Waals surface area contributed by atoms with Crippen LogP contribution in [0.4, 0.5) is 0 Å². The van der Waals surface area contributed by atoms with Crippen molar-refractivity contribution in [2.24, 2.45) is 0 Å². The second-order valence-electron chi connectivity index (χ2n) is 4.48. The molecule has 6 heteroatoms. The molecule has 6 nitrogen and oxygen atoms in total. The van der Waals surface area contributed by atoms with Gasteiger partial charge in [-0.05, 0) is 12.2 Å². The number of rotatable bonds is 5. The van der Waals surface area contributed by atoms with E-state index in [0.29, 0.717) is 0 Å². The number of ether oxygens (including phenoxy) is 2. The molecule has 20 heavy (non-hydrogen) atoms. The van der Waals surface area contributed by atoms with E-state index in [1.165, 1.54) is 25.7 Å². The summed E-state index contributed by atoms with van der Waals surface area (Å²) in [6, 6.07) is -0.571. The molecule has 0 radical (unpaired) electrons. The third-order valence-corrected chi connectivity index (χ3v) is 2.86. The van der Waals surface area contributed by atoms with Gasteiger partial charge in [-0.25, -0.2) is 0 Å². The maximum absolute atomic E-state index is 11.8. The largest absolute Gasteiger partial charge is 0.456 e. The molecule has 1 aliphatic rings. The molecule has 1 aliphatic carbocycles. The van der Waals surface area contributed by atoms with Gasteiger partial charge in [0.15, 0.2) is 0 Å². The van der Waals surface area contributed by atoms with E-state index in [0.717, 1.165) is 0 Å². The molecule has 1 unspecified atom stereocenters. The Morgan fingerprint density at radius 3 is 1.85 bits per heavy atom. The van der Waals surface area contributed by atoms with Crippen LogP contribution in [0.25, 0.3) is 0 Å². The van der Waals surface area contributed by atoms with Crippen molar-refractivity contribution in [1.82, 2.24) is 4.90 Å². The lowest BCUT2D eigenvalue weighted by molar-refractivity contribution is -0.157. The Morgan fingerprint density at radius 2 is 1.55 bits per heavy atom. The van der Waals surface area contributed by atoms with Crippen molar-refractivity contribution in [3.05, 3.63) is 24.8 Å². The van der Waals surface area contributed by atoms with Crippen LogP contribution < -0.4 is 0 Å². The Labute approximate surface area is 118 Å². The minimum Gasteiger partial charge on any atom is -0.456 e. The van der Waals surface area contributed by atoms with E-state index in [4.69, 9.17) is 9.47 Å². The van der Waals surface area contributed by atoms with Crippen molar-refractivity contribution < 1.29 is 23.9 Å². The molecule has 0 bridgehead atoms. The van der Waals surface area contributed by atoms with Crippen LogP contribution in [-0.4, -0.2) is 47.5 Å². The first-order valence-corrected chi connectivity index (χ1v) is 6.27. The molecule has 0 heterocycles. The molecule has 0 aromatic rings. The predicted molar refractivity (Wildman–Crippen MR) is 71.6 cm³/mol. The number of carbonyl (C=O) groups excluding carboxylic acids is 3. The van der Waals surface area contributed by atoms with Crippen LogP contribution in [0.15, 0.2) is 24.8 Å². The summed E-state index contributed by atoms with van der Waals surface area (Å²) < 4.78 is 10.3. The molecule has 3 atom stereocenters. The van der Waals surface area contributed by atoms with Gasteiger partial charge in [-0.3, -0.25) is 14.4 Å². The number of esters is 2. The summed E-state index contributed by atoms with van der Waals surface area (Å²) in [5, 5.41) is 0. The quantitative estimate of drug-likeness (QED) is 0.551. The summed E-state index contributed by atoms with van der Waals surface area (Å²) in [5.74, 6) is -1.14. The third-order valence-electron chi connectivity index (χ3n) is 2.86. The SMILES string of the molecule is C=CCN(C(C)=O)C1[C@@H](OC(C)=O)C=C[C@H]1OC(C)=O. The van der Waals surface area contributed by atoms with Crippen molar-refractivity contribution in [3.8, 4) is 0 Å². The molecule has 0 saturated heterocycles. The summed E-state index contributed by atoms with van der Waals surface area (Å²) >= 11 is 0. The van der Waals surface area contributed by atoms with Crippen LogP contribution in [-0.2, 0) is 23.9 Å². The first kappa shape index (κ1) is 15.9. The van der Waals surface area contributed by atoms with Gasteiger partial charge in [0, 0.05) is 27.3 Å². The molecule has 0 saturated carbocycles. The first-order chi connectivity index (χ1) is 9.36. The molecule has 110 valence electrons. The van der Waals surface area contributed by atoms with Gasteiger partial charge in [0.1, 0.15) is 18.2 Å². The van der Waals surface area contributed by atoms with Gasteiger partial charge >= 0.3 is 11.9 Å². The molecule has 1 rings (SSSR count). The van der Waals surface area contributed by atoms with E-state index >= 15 is 0 Å². The average molecular weight is 281 g/mol. The Kier molecular flexibility index (Phi) is 5.49. The Bertz CT molecular complexity index is 417. The Hall–Kier alpha value is -2.11. The fourth-order valence-electron chi connectivity index (χ4n) is 2.19. The van der Waals surface area contributed by atoms with E-state index in [1.807, 2.05) is 0 Å². The zero-order chi connectivity index (χ0) is 15.3. The zero-order valence-corrected chi connectivity index (χ0v) is 11.9. The molecular weight excluding hydrogens is 262 g/mol. The minimum absolute atomic E-state index is 0.215. The van der Waals surface area contributed by atoms with E-state index in [9.17, 15) is 14.4 Å². The second-order valence-corrected chi connectivity index (χ2v) is 4.48. The van der Waals surface area contributed by atoms with Crippen molar-refractivity contribution in [2.75, 3.05) is 6.54 Å². The second kappa shape index (κ2) is 6.88. The van der Waals surface area contributed by atoms with Gasteiger partial charge < -0.3 is 14.4 Å². The Balaban J connectivity index is 3.00. The summed E-state index contributed by atoms with van der Waals surface area (Å²) in [6.07, 6.45) is 3.54. The fourth-order valence-corrected chi connectivity index (χ4v) is 2.19. The molecule has 0 aliphatic heterocycles. The van der Waals surface area contributed by atoms with E-state index in [1.54, 1.807) is 18.2 Å². The summed E-state index contributed by atoms with van der Waals surface area (Å²) in [4.78, 5) is 35.5. The molecule has 0 aromatic carbocycles. The van der Waals surface area contributed by atoms with Crippen molar-refractivity contribution in [1.29, 1.82) is 0 Å². The van der Waals surface area contributed by atoms with Gasteiger partial charge in [0.25, 0.3) is 0 Å². The number of hydrogen-bond acceptors (Lipinski definition) is 5. The topological polar surface area (TPSA) is 72.9 Å². The highest BCUT2D eigenvalue weighted by Crippen LogP contribution is 2.24. The monoisotopic (exact) mass is 281 g/mol. The van der Waals surface area contributed by atoms with Crippen molar-refractivity contribution >= 4 is 17.8 Å². The molecule has 0 spiro atoms. The highest BCUT2D eigenvalue weighted by atomic mass is 16.6. The van der Waals surface area contributed by atoms with E-state index in [-0.39, 0.29) is 12.5 Å². The highest BCUT2D eigenvalue weighted by Gasteiger charge is 2.41. The summed E-state index contributed by atoms with van der Waals surface area (Å²) in [7, 11) is 0. The maximum Gasteiger partial charge on any atom is 0.303 e. The highest BCUT2D eigenvalue weighted by molar-refractivity contribution is 5.75. The van der Waals surface area contributed by atoms with Crippen LogP contribution in [0.5, 0.6) is 0 Å². The average Bonchev–Trinajstić information content (AvgIpc) is 2.67. The normalized spacial score (nSPS) is 24.1. The molecular formula is C14H19NO5. The summed E-state index contributed by atoms with van der Waals surface area (Å²) in [5.41, 5.74) is 0.